The Morgan fingerprint density at radius 3 is 1.75 bits per heavy atom. The predicted molar refractivity (Wildman–Crippen MR) is 32.0 cm³/mol. The van der Waals surface area contributed by atoms with Gasteiger partial charge in [-0.1, -0.05) is 0 Å². The summed E-state index contributed by atoms with van der Waals surface area (Å²) in [5, 5.41) is 7.86. The Morgan fingerprint density at radius 1 is 1.38 bits per heavy atom. The van der Waals surface area contributed by atoms with E-state index in [2.05, 4.69) is 0 Å². The van der Waals surface area contributed by atoms with Gasteiger partial charge in [-0.05, 0) is 0 Å². The minimum absolute atomic E-state index is 0. The van der Waals surface area contributed by atoms with Gasteiger partial charge in [0, 0.05) is 0 Å². The van der Waals surface area contributed by atoms with Crippen LogP contribution in [0.15, 0.2) is 0 Å². The molecule has 0 bridgehead atoms. The molecule has 8 heavy (non-hydrogen) atoms. The molecule has 0 aromatic heterocycles. The van der Waals surface area contributed by atoms with Crippen molar-refractivity contribution in [3.8, 4) is 0 Å². The minimum atomic E-state index is -3.92. The van der Waals surface area contributed by atoms with Gasteiger partial charge in [0.15, 0.2) is 0 Å². The van der Waals surface area contributed by atoms with E-state index in [1.807, 2.05) is 0 Å². The Labute approximate surface area is 67.8 Å². The van der Waals surface area contributed by atoms with E-state index < -0.39 is 22.5 Å². The van der Waals surface area contributed by atoms with Gasteiger partial charge < -0.3 is 5.11 Å². The predicted octanol–water partition coefficient (Wildman–Crippen LogP) is -2.05. The molecule has 0 spiro atoms. The van der Waals surface area contributed by atoms with E-state index in [4.69, 9.17) is 9.66 Å². The summed E-state index contributed by atoms with van der Waals surface area (Å²) in [4.78, 5) is 0. The Hall–Kier alpha value is 0.792. The van der Waals surface area contributed by atoms with Crippen molar-refractivity contribution in [3.63, 3.8) is 0 Å². The summed E-state index contributed by atoms with van der Waals surface area (Å²) in [6.45, 7) is -0.529. The maximum absolute atomic E-state index is 9.63. The van der Waals surface area contributed by atoms with Gasteiger partial charge in [0.05, 0.1) is 12.4 Å². The molecule has 0 rings (SSSR count). The van der Waals surface area contributed by atoms with E-state index >= 15 is 0 Å². The van der Waals surface area contributed by atoms with Crippen LogP contribution < -0.4 is 0 Å². The molecule has 0 fully saturated rings. The third-order valence-corrected chi connectivity index (χ3v) is 1.05. The third kappa shape index (κ3) is 9.92. The molecular weight excluding hydrogens is 327 g/mol. The molecule has 0 aromatic rings. The van der Waals surface area contributed by atoms with E-state index in [9.17, 15) is 8.42 Å². The third-order valence-electron chi connectivity index (χ3n) is 0.349. The second-order valence-electron chi connectivity index (χ2n) is 1.01. The summed E-state index contributed by atoms with van der Waals surface area (Å²) in [7, 11) is -3.92. The van der Waals surface area contributed by atoms with Crippen molar-refractivity contribution in [2.24, 2.45) is 0 Å². The van der Waals surface area contributed by atoms with Crippen LogP contribution in [0.4, 0.5) is 0 Å². The van der Waals surface area contributed by atoms with Gasteiger partial charge >= 0.3 is 27.3 Å². The molecular formula is C2H8O4PbS. The molecule has 0 atom stereocenters. The molecule has 0 amide bonds. The molecule has 0 heterocycles. The van der Waals surface area contributed by atoms with E-state index in [0.29, 0.717) is 0 Å². The van der Waals surface area contributed by atoms with E-state index in [1.54, 1.807) is 0 Å². The van der Waals surface area contributed by atoms with Crippen molar-refractivity contribution in [3.05, 3.63) is 0 Å². The van der Waals surface area contributed by atoms with Crippen molar-refractivity contribution >= 4 is 37.4 Å². The molecule has 6 heteroatoms. The van der Waals surface area contributed by atoms with Crippen LogP contribution in [0.25, 0.3) is 0 Å². The van der Waals surface area contributed by atoms with Crippen LogP contribution in [0.2, 0.25) is 0 Å². The van der Waals surface area contributed by atoms with E-state index in [-0.39, 0.29) is 27.3 Å². The van der Waals surface area contributed by atoms with Crippen molar-refractivity contribution in [2.75, 3.05) is 12.4 Å². The van der Waals surface area contributed by atoms with Gasteiger partial charge in [-0.3, -0.25) is 4.55 Å². The molecule has 2 radical (unpaired) electrons. The molecule has 0 aromatic carbocycles. The van der Waals surface area contributed by atoms with Crippen molar-refractivity contribution in [1.29, 1.82) is 0 Å². The molecule has 4 nitrogen and oxygen atoms in total. The number of aliphatic hydroxyl groups is 1. The van der Waals surface area contributed by atoms with Crippen LogP contribution in [0.3, 0.4) is 0 Å². The maximum atomic E-state index is 9.63. The summed E-state index contributed by atoms with van der Waals surface area (Å²) in [6.07, 6.45) is 0. The monoisotopic (exact) mass is 336 g/mol. The first-order valence-electron chi connectivity index (χ1n) is 1.62. The zero-order chi connectivity index (χ0) is 5.91. The summed E-state index contributed by atoms with van der Waals surface area (Å²) in [5.41, 5.74) is 0. The Kier molecular flexibility index (Phi) is 6.73. The van der Waals surface area contributed by atoms with Crippen LogP contribution in [0.5, 0.6) is 0 Å². The molecule has 0 aliphatic carbocycles. The zero-order valence-electron chi connectivity index (χ0n) is 4.24. The quantitative estimate of drug-likeness (QED) is 0.450. The first-order chi connectivity index (χ1) is 3.06. The molecule has 0 unspecified atom stereocenters. The number of rotatable bonds is 2. The van der Waals surface area contributed by atoms with Crippen molar-refractivity contribution in [1.82, 2.24) is 0 Å². The number of hydrogen-bond donors (Lipinski definition) is 2. The molecule has 0 saturated heterocycles. The van der Waals surface area contributed by atoms with E-state index in [0.717, 1.165) is 0 Å². The standard InChI is InChI=1S/C2H6O4S.Pb.2H/c3-1-2-7(4,5)6;;;/h3H,1-2H2,(H,4,5,6);;;. The number of aliphatic hydroxyl groups excluding tert-OH is 1. The SMILES string of the molecule is O=S(=O)(O)CCO.[PbH2]. The van der Waals surface area contributed by atoms with Crippen molar-refractivity contribution in [2.45, 2.75) is 0 Å². The first-order valence-corrected chi connectivity index (χ1v) is 3.23. The number of hydrogen-bond acceptors (Lipinski definition) is 3. The summed E-state index contributed by atoms with van der Waals surface area (Å²) in [6, 6.07) is 0. The fourth-order valence-electron chi connectivity index (χ4n) is 0.115. The average Bonchev–Trinajstić information content (AvgIpc) is 1.30. The topological polar surface area (TPSA) is 74.6 Å². The Morgan fingerprint density at radius 2 is 1.75 bits per heavy atom. The van der Waals surface area contributed by atoms with Crippen LogP contribution in [-0.4, -0.2) is 57.7 Å². The van der Waals surface area contributed by atoms with Gasteiger partial charge in [-0.2, -0.15) is 8.42 Å². The van der Waals surface area contributed by atoms with Crippen LogP contribution >= 0.6 is 0 Å². The summed E-state index contributed by atoms with van der Waals surface area (Å²) >= 11 is 0. The Bertz CT molecular complexity index is 127. The van der Waals surface area contributed by atoms with Gasteiger partial charge in [-0.15, -0.1) is 0 Å². The van der Waals surface area contributed by atoms with Gasteiger partial charge in [-0.25, -0.2) is 0 Å². The van der Waals surface area contributed by atoms with Gasteiger partial charge in [0.1, 0.15) is 0 Å². The molecule has 2 N–H and O–H groups in total. The van der Waals surface area contributed by atoms with E-state index in [1.165, 1.54) is 0 Å². The summed E-state index contributed by atoms with van der Waals surface area (Å²) < 4.78 is 27.1. The fraction of sp³-hybridized carbons (Fsp3) is 1.00. The average molecular weight is 335 g/mol. The second kappa shape index (κ2) is 4.65. The normalized spacial score (nSPS) is 10.2. The molecule has 0 saturated carbocycles. The second-order valence-corrected chi connectivity index (χ2v) is 2.58. The molecule has 0 aliphatic heterocycles. The molecule has 50 valence electrons. The van der Waals surface area contributed by atoms with Gasteiger partial charge in [0.25, 0.3) is 10.1 Å². The van der Waals surface area contributed by atoms with Crippen LogP contribution in [-0.2, 0) is 10.1 Å². The van der Waals surface area contributed by atoms with Crippen LogP contribution in [0.1, 0.15) is 0 Å². The van der Waals surface area contributed by atoms with Crippen LogP contribution in [0, 0.1) is 0 Å². The first kappa shape index (κ1) is 11.6. The fourth-order valence-corrected chi connectivity index (χ4v) is 0.346. The molecule has 0 aliphatic rings. The van der Waals surface area contributed by atoms with Crippen molar-refractivity contribution < 1.29 is 18.1 Å². The zero-order valence-corrected chi connectivity index (χ0v) is 10.6. The van der Waals surface area contributed by atoms with Gasteiger partial charge in [0.2, 0.25) is 0 Å². The Balaban J connectivity index is 0. The summed E-state index contributed by atoms with van der Waals surface area (Å²) in [5.74, 6) is -0.576.